The van der Waals surface area contributed by atoms with E-state index in [0.29, 0.717) is 31.8 Å². The molecule has 0 bridgehead atoms. The molecule has 2 atom stereocenters. The van der Waals surface area contributed by atoms with Crippen molar-refractivity contribution < 1.29 is 14.3 Å². The highest BCUT2D eigenvalue weighted by atomic mass is 16.5. The number of methoxy groups -OCH3 is 1. The number of rotatable bonds is 7. The van der Waals surface area contributed by atoms with E-state index >= 15 is 0 Å². The average molecular weight is 395 g/mol. The Kier molecular flexibility index (Phi) is 7.04. The lowest BCUT2D eigenvalue weighted by Crippen LogP contribution is -2.36. The van der Waals surface area contributed by atoms with E-state index < -0.39 is 0 Å². The fourth-order valence-electron chi connectivity index (χ4n) is 3.82. The molecular weight excluding hydrogens is 364 g/mol. The van der Waals surface area contributed by atoms with Gasteiger partial charge in [-0.05, 0) is 38.0 Å². The van der Waals surface area contributed by atoms with Gasteiger partial charge in [-0.25, -0.2) is 0 Å². The predicted octanol–water partition coefficient (Wildman–Crippen LogP) is 3.31. The average Bonchev–Trinajstić information content (AvgIpc) is 3.17. The third-order valence-electron chi connectivity index (χ3n) is 5.57. The van der Waals surface area contributed by atoms with Crippen molar-refractivity contribution in [3.8, 4) is 0 Å². The van der Waals surface area contributed by atoms with E-state index in [0.717, 1.165) is 17.5 Å². The number of carbonyl (C=O) groups is 2. The lowest BCUT2D eigenvalue weighted by molar-refractivity contribution is -0.124. The molecule has 1 N–H and O–H groups in total. The molecule has 2 unspecified atom stereocenters. The number of amides is 2. The monoisotopic (exact) mass is 394 g/mol. The van der Waals surface area contributed by atoms with Gasteiger partial charge in [0.2, 0.25) is 5.91 Å². The number of hydrogen-bond acceptors (Lipinski definition) is 3. The summed E-state index contributed by atoms with van der Waals surface area (Å²) in [4.78, 5) is 27.8. The van der Waals surface area contributed by atoms with Crippen LogP contribution >= 0.6 is 0 Å². The topological polar surface area (TPSA) is 58.6 Å². The summed E-state index contributed by atoms with van der Waals surface area (Å²) in [5, 5.41) is 3.02. The van der Waals surface area contributed by atoms with Crippen molar-refractivity contribution in [2.75, 3.05) is 33.4 Å². The number of nitrogens with one attached hydrogen (secondary N) is 1. The van der Waals surface area contributed by atoms with Crippen LogP contribution in [-0.4, -0.2) is 50.1 Å². The van der Waals surface area contributed by atoms with Crippen LogP contribution in [0.1, 0.15) is 39.4 Å². The number of aryl methyl sites for hydroxylation is 2. The van der Waals surface area contributed by atoms with E-state index in [4.69, 9.17) is 4.74 Å². The van der Waals surface area contributed by atoms with Crippen molar-refractivity contribution in [1.29, 1.82) is 0 Å². The van der Waals surface area contributed by atoms with Gasteiger partial charge in [-0.3, -0.25) is 9.59 Å². The van der Waals surface area contributed by atoms with Crippen LogP contribution in [0.15, 0.2) is 48.5 Å². The largest absolute Gasteiger partial charge is 0.385 e. The highest BCUT2D eigenvalue weighted by molar-refractivity contribution is 5.95. The minimum Gasteiger partial charge on any atom is -0.385 e. The molecule has 1 heterocycles. The van der Waals surface area contributed by atoms with Crippen LogP contribution in [0.4, 0.5) is 0 Å². The maximum absolute atomic E-state index is 13.0. The van der Waals surface area contributed by atoms with Crippen LogP contribution in [0.25, 0.3) is 0 Å². The molecule has 1 saturated heterocycles. The summed E-state index contributed by atoms with van der Waals surface area (Å²) in [6.07, 6.45) is 0.774. The van der Waals surface area contributed by atoms with Gasteiger partial charge in [0.05, 0.1) is 5.92 Å². The summed E-state index contributed by atoms with van der Waals surface area (Å²) < 4.78 is 5.05. The highest BCUT2D eigenvalue weighted by Gasteiger charge is 2.40. The molecular formula is C24H30N2O3. The van der Waals surface area contributed by atoms with E-state index in [1.165, 1.54) is 5.56 Å². The standard InChI is InChI=1S/C24H30N2O3/c1-17-5-9-19(10-6-17)21-15-26(24(28)20-11-7-18(2)8-12-20)16-22(21)23(27)25-13-4-14-29-3/h5-12,21-22H,4,13-16H2,1-3H3,(H,25,27). The van der Waals surface area contributed by atoms with Gasteiger partial charge in [0.15, 0.2) is 0 Å². The van der Waals surface area contributed by atoms with Crippen molar-refractivity contribution in [3.63, 3.8) is 0 Å². The Hall–Kier alpha value is -2.66. The first kappa shape index (κ1) is 21.1. The molecule has 3 rings (SSSR count). The van der Waals surface area contributed by atoms with Crippen molar-refractivity contribution in [3.05, 3.63) is 70.8 Å². The SMILES string of the molecule is COCCCNC(=O)C1CN(C(=O)c2ccc(C)cc2)CC1c1ccc(C)cc1. The summed E-state index contributed by atoms with van der Waals surface area (Å²) in [5.74, 6) is -0.273. The Morgan fingerprint density at radius 3 is 2.24 bits per heavy atom. The molecule has 29 heavy (non-hydrogen) atoms. The minimum atomic E-state index is -0.255. The molecule has 0 saturated carbocycles. The van der Waals surface area contributed by atoms with Gasteiger partial charge >= 0.3 is 0 Å². The molecule has 5 nitrogen and oxygen atoms in total. The fourth-order valence-corrected chi connectivity index (χ4v) is 3.82. The van der Waals surface area contributed by atoms with Gasteiger partial charge in [-0.15, -0.1) is 0 Å². The fraction of sp³-hybridized carbons (Fsp3) is 0.417. The van der Waals surface area contributed by atoms with Gasteiger partial charge in [-0.2, -0.15) is 0 Å². The van der Waals surface area contributed by atoms with Crippen LogP contribution in [0.5, 0.6) is 0 Å². The van der Waals surface area contributed by atoms with Crippen molar-refractivity contribution in [2.45, 2.75) is 26.2 Å². The summed E-state index contributed by atoms with van der Waals surface area (Å²) in [7, 11) is 1.65. The van der Waals surface area contributed by atoms with Crippen LogP contribution in [0, 0.1) is 19.8 Å². The third kappa shape index (κ3) is 5.24. The smallest absolute Gasteiger partial charge is 0.253 e. The highest BCUT2D eigenvalue weighted by Crippen LogP contribution is 2.34. The molecule has 154 valence electrons. The summed E-state index contributed by atoms with van der Waals surface area (Å²) in [6, 6.07) is 15.9. The van der Waals surface area contributed by atoms with Crippen LogP contribution in [0.2, 0.25) is 0 Å². The van der Waals surface area contributed by atoms with Crippen LogP contribution in [0.3, 0.4) is 0 Å². The Bertz CT molecular complexity index is 830. The van der Waals surface area contributed by atoms with Crippen molar-refractivity contribution in [1.82, 2.24) is 10.2 Å². The zero-order valence-electron chi connectivity index (χ0n) is 17.5. The number of likely N-dealkylation sites (tertiary alicyclic amines) is 1. The summed E-state index contributed by atoms with van der Waals surface area (Å²) in [6.45, 7) is 6.22. The molecule has 0 spiro atoms. The van der Waals surface area contributed by atoms with E-state index in [1.54, 1.807) is 7.11 Å². The van der Waals surface area contributed by atoms with E-state index in [-0.39, 0.29) is 23.7 Å². The van der Waals surface area contributed by atoms with Crippen LogP contribution < -0.4 is 5.32 Å². The molecule has 1 fully saturated rings. The first-order valence-corrected chi connectivity index (χ1v) is 10.2. The van der Waals surface area contributed by atoms with E-state index in [1.807, 2.05) is 43.0 Å². The van der Waals surface area contributed by atoms with Gasteiger partial charge in [-0.1, -0.05) is 47.5 Å². The zero-order chi connectivity index (χ0) is 20.8. The summed E-state index contributed by atoms with van der Waals surface area (Å²) in [5.41, 5.74) is 4.07. The third-order valence-corrected chi connectivity index (χ3v) is 5.57. The number of nitrogens with zero attached hydrogens (tertiary/aromatic N) is 1. The molecule has 0 aliphatic carbocycles. The molecule has 0 radical (unpaired) electrons. The molecule has 1 aliphatic heterocycles. The Labute approximate surface area is 173 Å². The van der Waals surface area contributed by atoms with Crippen molar-refractivity contribution in [2.24, 2.45) is 5.92 Å². The number of hydrogen-bond donors (Lipinski definition) is 1. The zero-order valence-corrected chi connectivity index (χ0v) is 17.5. The summed E-state index contributed by atoms with van der Waals surface area (Å²) >= 11 is 0. The Morgan fingerprint density at radius 1 is 1.00 bits per heavy atom. The quantitative estimate of drug-likeness (QED) is 0.733. The lowest BCUT2D eigenvalue weighted by atomic mass is 9.88. The molecule has 2 aromatic carbocycles. The Balaban J connectivity index is 1.77. The first-order valence-electron chi connectivity index (χ1n) is 10.2. The predicted molar refractivity (Wildman–Crippen MR) is 114 cm³/mol. The molecule has 1 aliphatic rings. The van der Waals surface area contributed by atoms with E-state index in [9.17, 15) is 9.59 Å². The number of ether oxygens (including phenoxy) is 1. The van der Waals surface area contributed by atoms with E-state index in [2.05, 4.69) is 29.6 Å². The minimum absolute atomic E-state index is 0.00545. The normalized spacial score (nSPS) is 18.7. The number of carbonyl (C=O) groups excluding carboxylic acids is 2. The maximum Gasteiger partial charge on any atom is 0.253 e. The second-order valence-electron chi connectivity index (χ2n) is 7.84. The molecule has 5 heteroatoms. The second-order valence-corrected chi connectivity index (χ2v) is 7.84. The van der Waals surface area contributed by atoms with Crippen LogP contribution in [-0.2, 0) is 9.53 Å². The van der Waals surface area contributed by atoms with Crippen molar-refractivity contribution >= 4 is 11.8 Å². The van der Waals surface area contributed by atoms with Gasteiger partial charge in [0.1, 0.15) is 0 Å². The molecule has 0 aromatic heterocycles. The van der Waals surface area contributed by atoms with Gasteiger partial charge in [0, 0.05) is 44.8 Å². The van der Waals surface area contributed by atoms with Gasteiger partial charge < -0.3 is 15.0 Å². The Morgan fingerprint density at radius 2 is 1.62 bits per heavy atom. The first-order chi connectivity index (χ1) is 14.0. The molecule has 2 aromatic rings. The second kappa shape index (κ2) is 9.70. The van der Waals surface area contributed by atoms with Gasteiger partial charge in [0.25, 0.3) is 5.91 Å². The molecule has 2 amide bonds. The number of benzene rings is 2. The maximum atomic E-state index is 13.0. The lowest BCUT2D eigenvalue weighted by Gasteiger charge is -2.18.